The number of methoxy groups -OCH3 is 1. The molecule has 1 unspecified atom stereocenters. The average molecular weight is 460 g/mol. The van der Waals surface area contributed by atoms with Crippen molar-refractivity contribution in [2.75, 3.05) is 7.11 Å². The van der Waals surface area contributed by atoms with E-state index >= 15 is 0 Å². The van der Waals surface area contributed by atoms with E-state index in [9.17, 15) is 35.1 Å². The van der Waals surface area contributed by atoms with Gasteiger partial charge in [0.15, 0.2) is 17.6 Å². The minimum atomic E-state index is -1.87. The molecule has 33 heavy (non-hydrogen) atoms. The number of aromatic hydroxyl groups is 1. The lowest BCUT2D eigenvalue weighted by atomic mass is 9.99. The number of hydrogen-bond acceptors (Lipinski definition) is 10. The number of phenolic OH excluding ortho intramolecular Hbond substituents is 1. The van der Waals surface area contributed by atoms with Crippen molar-refractivity contribution in [2.24, 2.45) is 0 Å². The van der Waals surface area contributed by atoms with Crippen molar-refractivity contribution in [1.82, 2.24) is 0 Å². The van der Waals surface area contributed by atoms with E-state index in [1.165, 1.54) is 37.6 Å². The van der Waals surface area contributed by atoms with Crippen molar-refractivity contribution in [3.05, 3.63) is 52.9 Å². The quantitative estimate of drug-likeness (QED) is 0.357. The Morgan fingerprint density at radius 1 is 1.00 bits per heavy atom. The topological polar surface area (TPSA) is 176 Å². The largest absolute Gasteiger partial charge is 0.508 e. The van der Waals surface area contributed by atoms with E-state index < -0.39 is 36.7 Å². The third-order valence-electron chi connectivity index (χ3n) is 5.29. The summed E-state index contributed by atoms with van der Waals surface area (Å²) in [4.78, 5) is 24.3. The lowest BCUT2D eigenvalue weighted by molar-refractivity contribution is -0.271. The van der Waals surface area contributed by atoms with Gasteiger partial charge < -0.3 is 44.2 Å². The number of fused-ring (bicyclic) bond motifs is 1. The number of carboxylic acids is 1. The summed E-state index contributed by atoms with van der Waals surface area (Å²) in [5.41, 5.74) is 0.476. The summed E-state index contributed by atoms with van der Waals surface area (Å²) in [5, 5.41) is 48.8. The Kier molecular flexibility index (Phi) is 5.95. The van der Waals surface area contributed by atoms with Gasteiger partial charge in [0.2, 0.25) is 11.7 Å². The standard InChI is InChI=1S/C22H20O11/c1-30-14-6-11-13(31-8-12(16(11)24)9-2-4-10(23)5-3-9)7-15(14)32-22-19(27)17(25)18(26)20(33-22)21(28)29/h2-8,17-20,22-23,25-27H,1H3,(H,28,29)/t17-,18-,19+,20-,22?/m0/s1. The predicted molar refractivity (Wildman–Crippen MR) is 111 cm³/mol. The molecule has 5 atom stereocenters. The average Bonchev–Trinajstić information content (AvgIpc) is 2.80. The number of carbonyl (C=O) groups is 1. The Morgan fingerprint density at radius 2 is 1.70 bits per heavy atom. The van der Waals surface area contributed by atoms with Crippen molar-refractivity contribution in [2.45, 2.75) is 30.7 Å². The first-order valence-electron chi connectivity index (χ1n) is 9.73. The molecule has 0 aliphatic carbocycles. The van der Waals surface area contributed by atoms with Gasteiger partial charge >= 0.3 is 5.97 Å². The van der Waals surface area contributed by atoms with E-state index in [-0.39, 0.29) is 39.2 Å². The molecule has 1 aliphatic heterocycles. The van der Waals surface area contributed by atoms with E-state index in [0.717, 1.165) is 0 Å². The van der Waals surface area contributed by atoms with Crippen molar-refractivity contribution in [3.63, 3.8) is 0 Å². The van der Waals surface area contributed by atoms with Crippen LogP contribution in [-0.4, -0.2) is 69.3 Å². The summed E-state index contributed by atoms with van der Waals surface area (Å²) in [7, 11) is 1.30. The summed E-state index contributed by atoms with van der Waals surface area (Å²) in [6.45, 7) is 0. The third kappa shape index (κ3) is 4.10. The molecule has 0 spiro atoms. The van der Waals surface area contributed by atoms with Crippen LogP contribution in [0.4, 0.5) is 0 Å². The van der Waals surface area contributed by atoms with E-state index in [2.05, 4.69) is 0 Å². The van der Waals surface area contributed by atoms with Crippen molar-refractivity contribution in [1.29, 1.82) is 0 Å². The first-order valence-corrected chi connectivity index (χ1v) is 9.73. The van der Waals surface area contributed by atoms with Crippen LogP contribution in [-0.2, 0) is 9.53 Å². The smallest absolute Gasteiger partial charge is 0.335 e. The molecule has 174 valence electrons. The van der Waals surface area contributed by atoms with Crippen LogP contribution in [0.5, 0.6) is 17.2 Å². The molecule has 1 saturated heterocycles. The van der Waals surface area contributed by atoms with Gasteiger partial charge in [0.25, 0.3) is 0 Å². The molecule has 11 nitrogen and oxygen atoms in total. The molecule has 1 aromatic heterocycles. The Bertz CT molecular complexity index is 1230. The SMILES string of the molecule is COc1cc2c(=O)c(-c3ccc(O)cc3)coc2cc1OC1O[C@H](C(=O)O)[C@@H](O)[C@H](O)[C@H]1O. The highest BCUT2D eigenvalue weighted by Crippen LogP contribution is 2.35. The second kappa shape index (κ2) is 8.71. The van der Waals surface area contributed by atoms with Gasteiger partial charge in [-0.15, -0.1) is 0 Å². The molecule has 1 aliphatic rings. The molecule has 2 heterocycles. The third-order valence-corrected chi connectivity index (χ3v) is 5.29. The summed E-state index contributed by atoms with van der Waals surface area (Å²) in [6, 6.07) is 8.61. The monoisotopic (exact) mass is 460 g/mol. The summed E-state index contributed by atoms with van der Waals surface area (Å²) in [6.07, 6.45) is -7.77. The van der Waals surface area contributed by atoms with Crippen molar-refractivity contribution in [3.8, 4) is 28.4 Å². The van der Waals surface area contributed by atoms with Crippen LogP contribution >= 0.6 is 0 Å². The highest BCUT2D eigenvalue weighted by atomic mass is 16.7. The summed E-state index contributed by atoms with van der Waals surface area (Å²) < 4.78 is 21.5. The molecule has 0 radical (unpaired) electrons. The molecule has 0 saturated carbocycles. The van der Waals surface area contributed by atoms with E-state index in [1.807, 2.05) is 0 Å². The molecular weight excluding hydrogens is 440 g/mol. The van der Waals surface area contributed by atoms with Crippen molar-refractivity contribution < 1.29 is 49.0 Å². The number of aliphatic carboxylic acids is 1. The van der Waals surface area contributed by atoms with Crippen LogP contribution in [0.3, 0.4) is 0 Å². The molecule has 3 aromatic rings. The summed E-state index contributed by atoms with van der Waals surface area (Å²) in [5.74, 6) is -1.54. The van der Waals surface area contributed by atoms with Gasteiger partial charge in [-0.25, -0.2) is 4.79 Å². The number of rotatable bonds is 5. The normalized spacial score (nSPS) is 25.0. The fraction of sp³-hybridized carbons (Fsp3) is 0.273. The van der Waals surface area contributed by atoms with Crippen LogP contribution in [0.2, 0.25) is 0 Å². The number of aliphatic hydroxyl groups is 3. The molecule has 0 amide bonds. The van der Waals surface area contributed by atoms with Gasteiger partial charge in [0, 0.05) is 6.07 Å². The zero-order valence-corrected chi connectivity index (χ0v) is 17.1. The van der Waals surface area contributed by atoms with Crippen LogP contribution < -0.4 is 14.9 Å². The van der Waals surface area contributed by atoms with Gasteiger partial charge in [0.1, 0.15) is 35.9 Å². The Labute approximate surface area is 185 Å². The first kappa shape index (κ1) is 22.6. The number of hydrogen-bond donors (Lipinski definition) is 5. The number of carboxylic acid groups (broad SMARTS) is 1. The van der Waals surface area contributed by atoms with E-state index in [4.69, 9.17) is 18.6 Å². The Balaban J connectivity index is 1.72. The van der Waals surface area contributed by atoms with Gasteiger partial charge in [-0.2, -0.15) is 0 Å². The second-order valence-electron chi connectivity index (χ2n) is 7.38. The van der Waals surface area contributed by atoms with Gasteiger partial charge in [-0.3, -0.25) is 4.79 Å². The molecule has 0 bridgehead atoms. The number of benzene rings is 2. The Morgan fingerprint density at radius 3 is 2.33 bits per heavy atom. The highest BCUT2D eigenvalue weighted by molar-refractivity contribution is 5.84. The van der Waals surface area contributed by atoms with E-state index in [0.29, 0.717) is 5.56 Å². The predicted octanol–water partition coefficient (Wildman–Crippen LogP) is 0.445. The van der Waals surface area contributed by atoms with Crippen LogP contribution in [0.15, 0.2) is 51.9 Å². The van der Waals surface area contributed by atoms with Crippen LogP contribution in [0.1, 0.15) is 0 Å². The van der Waals surface area contributed by atoms with Crippen LogP contribution in [0.25, 0.3) is 22.1 Å². The Hall–Kier alpha value is -3.64. The molecular formula is C22H20O11. The molecule has 2 aromatic carbocycles. The maximum Gasteiger partial charge on any atom is 0.335 e. The van der Waals surface area contributed by atoms with Gasteiger partial charge in [-0.05, 0) is 23.8 Å². The maximum atomic E-state index is 13.0. The molecule has 5 N–H and O–H groups in total. The van der Waals surface area contributed by atoms with Crippen LogP contribution in [0, 0.1) is 0 Å². The number of ether oxygens (including phenoxy) is 3. The minimum absolute atomic E-state index is 0.0425. The number of aliphatic hydroxyl groups excluding tert-OH is 3. The fourth-order valence-electron chi connectivity index (χ4n) is 3.50. The fourth-order valence-corrected chi connectivity index (χ4v) is 3.50. The first-order chi connectivity index (χ1) is 15.7. The van der Waals surface area contributed by atoms with Gasteiger partial charge in [0.05, 0.1) is 18.1 Å². The zero-order chi connectivity index (χ0) is 23.9. The lowest BCUT2D eigenvalue weighted by Gasteiger charge is -2.38. The molecule has 4 rings (SSSR count). The van der Waals surface area contributed by atoms with E-state index in [1.54, 1.807) is 12.1 Å². The van der Waals surface area contributed by atoms with Crippen molar-refractivity contribution >= 4 is 16.9 Å². The lowest BCUT2D eigenvalue weighted by Crippen LogP contribution is -2.61. The van der Waals surface area contributed by atoms with Gasteiger partial charge in [-0.1, -0.05) is 12.1 Å². The molecule has 1 fully saturated rings. The zero-order valence-electron chi connectivity index (χ0n) is 17.1. The number of phenols is 1. The maximum absolute atomic E-state index is 13.0. The summed E-state index contributed by atoms with van der Waals surface area (Å²) >= 11 is 0. The highest BCUT2D eigenvalue weighted by Gasteiger charge is 2.48. The second-order valence-corrected chi connectivity index (χ2v) is 7.38. The molecule has 11 heteroatoms. The minimum Gasteiger partial charge on any atom is -0.508 e.